The van der Waals surface area contributed by atoms with Crippen LogP contribution in [-0.2, 0) is 30.4 Å². The van der Waals surface area contributed by atoms with E-state index in [0.717, 1.165) is 23.8 Å². The van der Waals surface area contributed by atoms with Gasteiger partial charge in [0.15, 0.2) is 0 Å². The van der Waals surface area contributed by atoms with Crippen LogP contribution >= 0.6 is 0 Å². The maximum atomic E-state index is 15.2. The molecule has 0 fully saturated rings. The molecule has 3 nitrogen and oxygen atoms in total. The van der Waals surface area contributed by atoms with Gasteiger partial charge in [-0.1, -0.05) is 61.5 Å². The Balaban J connectivity index is 1.91. The molecule has 8 heteroatoms. The average Bonchev–Trinajstić information content (AvgIpc) is 2.84. The van der Waals surface area contributed by atoms with E-state index in [4.69, 9.17) is 0 Å². The molecule has 0 saturated heterocycles. The fourth-order valence-electron chi connectivity index (χ4n) is 3.93. The van der Waals surface area contributed by atoms with Gasteiger partial charge in [0.1, 0.15) is 11.6 Å². The summed E-state index contributed by atoms with van der Waals surface area (Å²) in [5.74, 6) is -2.49. The van der Waals surface area contributed by atoms with Crippen LogP contribution in [0.3, 0.4) is 0 Å². The van der Waals surface area contributed by atoms with Gasteiger partial charge < -0.3 is 10.6 Å². The lowest BCUT2D eigenvalue weighted by Gasteiger charge is -2.18. The van der Waals surface area contributed by atoms with E-state index in [9.17, 15) is 22.4 Å². The second kappa shape index (κ2) is 11.8. The van der Waals surface area contributed by atoms with Crippen LogP contribution in [0.4, 0.5) is 22.0 Å². The minimum atomic E-state index is -4.79. The number of aryl methyl sites for hydroxylation is 1. The zero-order valence-corrected chi connectivity index (χ0v) is 20.0. The molecule has 0 atom stereocenters. The van der Waals surface area contributed by atoms with Crippen LogP contribution in [0.15, 0.2) is 72.4 Å². The number of hydrogen-bond donors (Lipinski definition) is 2. The largest absolute Gasteiger partial charge is 0.416 e. The summed E-state index contributed by atoms with van der Waals surface area (Å²) < 4.78 is 69.6. The lowest BCUT2D eigenvalue weighted by molar-refractivity contribution is -0.138. The first-order chi connectivity index (χ1) is 17.1. The number of alkyl halides is 3. The second-order valence-corrected chi connectivity index (χ2v) is 8.24. The molecular formula is C28H27F5N2O. The van der Waals surface area contributed by atoms with Crippen LogP contribution in [0.25, 0.3) is 5.57 Å². The summed E-state index contributed by atoms with van der Waals surface area (Å²) in [6, 6.07) is 16.9. The Morgan fingerprint density at radius 3 is 2.25 bits per heavy atom. The van der Waals surface area contributed by atoms with Crippen LogP contribution in [0.2, 0.25) is 0 Å². The van der Waals surface area contributed by atoms with Crippen LogP contribution in [0.5, 0.6) is 0 Å². The van der Waals surface area contributed by atoms with Gasteiger partial charge in [0, 0.05) is 29.9 Å². The summed E-state index contributed by atoms with van der Waals surface area (Å²) >= 11 is 0. The molecule has 0 bridgehead atoms. The van der Waals surface area contributed by atoms with E-state index in [2.05, 4.69) is 10.6 Å². The molecule has 190 valence electrons. The standard InChI is InChI=1S/C28H27F5N2O/c1-3-20-11-7-12-21(26(20)30)25(18(2)34-16-15-19-9-5-4-6-10-19)27(36)35-17-22-23(28(31,32)33)13-8-14-24(22)29/h4-14,34H,3,15-17H2,1-2H3,(H,35,36)/b25-18-. The predicted molar refractivity (Wildman–Crippen MR) is 130 cm³/mol. The average molecular weight is 503 g/mol. The van der Waals surface area contributed by atoms with Gasteiger partial charge in [0.2, 0.25) is 0 Å². The van der Waals surface area contributed by atoms with Crippen molar-refractivity contribution < 1.29 is 26.7 Å². The highest BCUT2D eigenvalue weighted by Crippen LogP contribution is 2.33. The smallest absolute Gasteiger partial charge is 0.388 e. The molecule has 0 heterocycles. The normalized spacial score (nSPS) is 12.2. The summed E-state index contributed by atoms with van der Waals surface area (Å²) in [4.78, 5) is 13.2. The maximum absolute atomic E-state index is 15.2. The van der Waals surface area contributed by atoms with Gasteiger partial charge in [-0.25, -0.2) is 8.78 Å². The Kier molecular flexibility index (Phi) is 8.85. The fraction of sp³-hybridized carbons (Fsp3) is 0.250. The molecule has 0 saturated carbocycles. The minimum absolute atomic E-state index is 0.0149. The van der Waals surface area contributed by atoms with E-state index in [-0.39, 0.29) is 11.1 Å². The quantitative estimate of drug-likeness (QED) is 0.262. The lowest BCUT2D eigenvalue weighted by atomic mass is 9.98. The first-order valence-electron chi connectivity index (χ1n) is 11.5. The van der Waals surface area contributed by atoms with Gasteiger partial charge in [-0.3, -0.25) is 4.79 Å². The molecule has 3 aromatic rings. The van der Waals surface area contributed by atoms with Crippen LogP contribution in [0, 0.1) is 11.6 Å². The Labute approximate surface area is 207 Å². The topological polar surface area (TPSA) is 41.1 Å². The summed E-state index contributed by atoms with van der Waals surface area (Å²) in [6.07, 6.45) is -3.77. The summed E-state index contributed by atoms with van der Waals surface area (Å²) in [6.45, 7) is 3.10. The molecule has 0 aliphatic carbocycles. The SMILES string of the molecule is CCc1cccc(/C(C(=O)NCc2c(F)cccc2C(F)(F)F)=C(\C)NCCc2ccccc2)c1F. The Bertz CT molecular complexity index is 1240. The first-order valence-corrected chi connectivity index (χ1v) is 11.5. The van der Waals surface area contributed by atoms with Crippen molar-refractivity contribution in [1.82, 2.24) is 10.6 Å². The molecule has 0 aliphatic heterocycles. The third-order valence-corrected chi connectivity index (χ3v) is 5.83. The number of amides is 1. The molecule has 0 spiro atoms. The van der Waals surface area contributed by atoms with E-state index >= 15 is 4.39 Å². The van der Waals surface area contributed by atoms with Gasteiger partial charge in [0.05, 0.1) is 11.1 Å². The van der Waals surface area contributed by atoms with Crippen molar-refractivity contribution in [3.05, 3.63) is 112 Å². The van der Waals surface area contributed by atoms with E-state index in [1.54, 1.807) is 26.0 Å². The van der Waals surface area contributed by atoms with Crippen LogP contribution < -0.4 is 10.6 Å². The molecule has 0 aromatic heterocycles. The number of allylic oxidation sites excluding steroid dienone is 1. The molecule has 0 aliphatic rings. The predicted octanol–water partition coefficient (Wildman–Crippen LogP) is 6.43. The zero-order valence-electron chi connectivity index (χ0n) is 20.0. The molecule has 36 heavy (non-hydrogen) atoms. The van der Waals surface area contributed by atoms with Crippen molar-refractivity contribution in [3.63, 3.8) is 0 Å². The number of nitrogens with one attached hydrogen (secondary N) is 2. The molecular weight excluding hydrogens is 475 g/mol. The number of carbonyl (C=O) groups excluding carboxylic acids is 1. The van der Waals surface area contributed by atoms with Crippen molar-refractivity contribution in [2.75, 3.05) is 6.54 Å². The van der Waals surface area contributed by atoms with E-state index < -0.39 is 41.4 Å². The van der Waals surface area contributed by atoms with Crippen LogP contribution in [0.1, 0.15) is 41.7 Å². The first kappa shape index (κ1) is 26.9. The number of carbonyl (C=O) groups is 1. The summed E-state index contributed by atoms with van der Waals surface area (Å²) in [7, 11) is 0. The highest BCUT2D eigenvalue weighted by Gasteiger charge is 2.34. The van der Waals surface area contributed by atoms with Crippen molar-refractivity contribution in [2.24, 2.45) is 0 Å². The van der Waals surface area contributed by atoms with Crippen LogP contribution in [-0.4, -0.2) is 12.5 Å². The summed E-state index contributed by atoms with van der Waals surface area (Å²) in [5, 5.41) is 5.48. The molecule has 0 unspecified atom stereocenters. The van der Waals surface area contributed by atoms with Crippen molar-refractivity contribution >= 4 is 11.5 Å². The Morgan fingerprint density at radius 2 is 1.58 bits per heavy atom. The third kappa shape index (κ3) is 6.50. The monoisotopic (exact) mass is 502 g/mol. The maximum Gasteiger partial charge on any atom is 0.416 e. The molecule has 1 amide bonds. The number of halogens is 5. The molecule has 3 aromatic carbocycles. The Hall–Kier alpha value is -3.68. The zero-order chi connectivity index (χ0) is 26.3. The molecule has 2 N–H and O–H groups in total. The highest BCUT2D eigenvalue weighted by molar-refractivity contribution is 6.20. The number of rotatable bonds is 9. The summed E-state index contributed by atoms with van der Waals surface area (Å²) in [5.41, 5.74) is -0.104. The van der Waals surface area contributed by atoms with Crippen molar-refractivity contribution in [2.45, 2.75) is 39.4 Å². The minimum Gasteiger partial charge on any atom is -0.388 e. The number of hydrogen-bond acceptors (Lipinski definition) is 2. The van der Waals surface area contributed by atoms with Gasteiger partial charge >= 0.3 is 6.18 Å². The van der Waals surface area contributed by atoms with Gasteiger partial charge in [0.25, 0.3) is 5.91 Å². The van der Waals surface area contributed by atoms with Crippen molar-refractivity contribution in [3.8, 4) is 0 Å². The van der Waals surface area contributed by atoms with E-state index in [1.807, 2.05) is 30.3 Å². The van der Waals surface area contributed by atoms with E-state index in [0.29, 0.717) is 30.6 Å². The van der Waals surface area contributed by atoms with E-state index in [1.165, 1.54) is 6.07 Å². The highest BCUT2D eigenvalue weighted by atomic mass is 19.4. The van der Waals surface area contributed by atoms with Crippen molar-refractivity contribution in [1.29, 1.82) is 0 Å². The third-order valence-electron chi connectivity index (χ3n) is 5.83. The van der Waals surface area contributed by atoms with Gasteiger partial charge in [-0.15, -0.1) is 0 Å². The molecule has 3 rings (SSSR count). The Morgan fingerprint density at radius 1 is 0.889 bits per heavy atom. The van der Waals surface area contributed by atoms with Gasteiger partial charge in [-0.05, 0) is 43.0 Å². The number of benzene rings is 3. The lowest BCUT2D eigenvalue weighted by Crippen LogP contribution is -2.29. The van der Waals surface area contributed by atoms with Gasteiger partial charge in [-0.2, -0.15) is 13.2 Å². The molecule has 0 radical (unpaired) electrons. The fourth-order valence-corrected chi connectivity index (χ4v) is 3.93. The second-order valence-electron chi connectivity index (χ2n) is 8.24.